The summed E-state index contributed by atoms with van der Waals surface area (Å²) in [7, 11) is 0. The number of fused-ring (bicyclic) bond motifs is 5. The van der Waals surface area contributed by atoms with Crippen molar-refractivity contribution in [3.05, 3.63) is 11.6 Å². The average Bonchev–Trinajstić information content (AvgIpc) is 2.78. The molecule has 3 nitrogen and oxygen atoms in total. The van der Waals surface area contributed by atoms with E-state index in [4.69, 9.17) is 0 Å². The Hall–Kier alpha value is -0.900. The molecule has 0 bridgehead atoms. The molecule has 0 spiro atoms. The summed E-state index contributed by atoms with van der Waals surface area (Å²) in [5, 5.41) is 3.01. The highest BCUT2D eigenvalue weighted by atomic mass is 19.3. The molecule has 1 N–H and O–H groups in total. The lowest BCUT2D eigenvalue weighted by Gasteiger charge is -2.56. The molecule has 0 aromatic heterocycles. The molecule has 1 heterocycles. The van der Waals surface area contributed by atoms with Gasteiger partial charge in [0.1, 0.15) is 6.10 Å². The number of amides is 1. The van der Waals surface area contributed by atoms with Crippen molar-refractivity contribution in [2.24, 2.45) is 28.6 Å². The Balaban J connectivity index is 1.67. The number of hydrogen-bond donors (Lipinski definition) is 1. The molecule has 128 valence electrons. The maximum atomic E-state index is 13.0. The molecule has 4 unspecified atom stereocenters. The van der Waals surface area contributed by atoms with Crippen molar-refractivity contribution in [1.82, 2.24) is 5.32 Å². The molecule has 1 aliphatic heterocycles. The largest absolute Gasteiger partial charge is 0.353 e. The van der Waals surface area contributed by atoms with E-state index in [0.29, 0.717) is 17.8 Å². The van der Waals surface area contributed by atoms with Crippen molar-refractivity contribution in [2.75, 3.05) is 6.54 Å². The van der Waals surface area contributed by atoms with Gasteiger partial charge in [-0.05, 0) is 72.6 Å². The lowest BCUT2D eigenvalue weighted by atomic mass is 9.48. The highest BCUT2D eigenvalue weighted by Gasteiger charge is 2.59. The van der Waals surface area contributed by atoms with Crippen molar-refractivity contribution >= 4 is 5.91 Å². The van der Waals surface area contributed by atoms with Gasteiger partial charge in [0.25, 0.3) is 0 Å². The zero-order valence-corrected chi connectivity index (χ0v) is 14.2. The van der Waals surface area contributed by atoms with Gasteiger partial charge in [-0.2, -0.15) is 4.94 Å². The molecule has 3 aliphatic carbocycles. The van der Waals surface area contributed by atoms with Crippen LogP contribution in [0.15, 0.2) is 11.6 Å². The number of rotatable bonds is 1. The van der Waals surface area contributed by atoms with Crippen molar-refractivity contribution in [2.45, 2.75) is 64.9 Å². The molecule has 0 saturated heterocycles. The Kier molecular flexibility index (Phi) is 3.60. The summed E-state index contributed by atoms with van der Waals surface area (Å²) in [6.07, 6.45) is 9.03. The fraction of sp³-hybridized carbons (Fsp3) is 0.842. The summed E-state index contributed by atoms with van der Waals surface area (Å²) in [4.78, 5) is 16.3. The molecule has 4 rings (SSSR count). The van der Waals surface area contributed by atoms with Crippen LogP contribution in [0.1, 0.15) is 58.8 Å². The highest BCUT2D eigenvalue weighted by Crippen LogP contribution is 2.65. The van der Waals surface area contributed by atoms with E-state index in [9.17, 15) is 9.32 Å². The van der Waals surface area contributed by atoms with Crippen molar-refractivity contribution in [1.29, 1.82) is 0 Å². The van der Waals surface area contributed by atoms with E-state index in [1.165, 1.54) is 5.57 Å². The summed E-state index contributed by atoms with van der Waals surface area (Å²) < 4.78 is 13.0. The van der Waals surface area contributed by atoms with Gasteiger partial charge in [-0.25, -0.2) is 0 Å². The minimum absolute atomic E-state index is 0.00624. The quantitative estimate of drug-likeness (QED) is 0.794. The normalized spacial score (nSPS) is 49.3. The summed E-state index contributed by atoms with van der Waals surface area (Å²) in [6, 6.07) is 0. The zero-order valence-electron chi connectivity index (χ0n) is 14.2. The molecule has 4 heteroatoms. The smallest absolute Gasteiger partial charge is 0.243 e. The Bertz CT molecular complexity index is 547. The van der Waals surface area contributed by atoms with Crippen LogP contribution in [0, 0.1) is 28.6 Å². The molecule has 3 saturated carbocycles. The van der Waals surface area contributed by atoms with Crippen LogP contribution in [0.25, 0.3) is 0 Å². The van der Waals surface area contributed by atoms with Crippen LogP contribution in [0.2, 0.25) is 0 Å². The third kappa shape index (κ3) is 2.13. The third-order valence-corrected chi connectivity index (χ3v) is 8.01. The second kappa shape index (κ2) is 5.30. The second-order valence-corrected chi connectivity index (χ2v) is 8.74. The van der Waals surface area contributed by atoms with Gasteiger partial charge in [0.2, 0.25) is 5.91 Å². The van der Waals surface area contributed by atoms with E-state index >= 15 is 0 Å². The molecular weight excluding hydrogens is 293 g/mol. The van der Waals surface area contributed by atoms with E-state index in [0.717, 1.165) is 51.5 Å². The number of allylic oxidation sites excluding steroid dienone is 1. The fourth-order valence-electron chi connectivity index (χ4n) is 6.66. The van der Waals surface area contributed by atoms with Crippen LogP contribution >= 0.6 is 0 Å². The Morgan fingerprint density at radius 1 is 1.17 bits per heavy atom. The monoisotopic (exact) mass is 321 g/mol. The van der Waals surface area contributed by atoms with Gasteiger partial charge in [0.15, 0.2) is 0 Å². The summed E-state index contributed by atoms with van der Waals surface area (Å²) in [5.41, 5.74) is 1.50. The van der Waals surface area contributed by atoms with Crippen molar-refractivity contribution in [3.8, 4) is 0 Å². The minimum Gasteiger partial charge on any atom is -0.353 e. The lowest BCUT2D eigenvalue weighted by molar-refractivity contribution is -0.221. The van der Waals surface area contributed by atoms with E-state index in [2.05, 4.69) is 24.1 Å². The number of halogens is 1. The van der Waals surface area contributed by atoms with Crippen LogP contribution in [-0.2, 0) is 9.74 Å². The van der Waals surface area contributed by atoms with Crippen LogP contribution in [-0.4, -0.2) is 18.6 Å². The van der Waals surface area contributed by atoms with Crippen LogP contribution in [0.3, 0.4) is 0 Å². The van der Waals surface area contributed by atoms with Crippen LogP contribution in [0.4, 0.5) is 4.53 Å². The van der Waals surface area contributed by atoms with Gasteiger partial charge in [0, 0.05) is 18.0 Å². The fourth-order valence-corrected chi connectivity index (χ4v) is 6.66. The minimum atomic E-state index is -0.212. The molecule has 0 aromatic carbocycles. The van der Waals surface area contributed by atoms with Crippen molar-refractivity contribution < 1.29 is 14.3 Å². The molecule has 0 radical (unpaired) electrons. The predicted octanol–water partition coefficient (Wildman–Crippen LogP) is 3.95. The number of hydrogen-bond acceptors (Lipinski definition) is 2. The molecule has 6 atom stereocenters. The SMILES string of the molecule is CC12CCNC(=O)C=C1CCC1[C@@H]2CCC2(C)C(OF)CC[C@@H]12. The first-order valence-corrected chi connectivity index (χ1v) is 9.25. The Morgan fingerprint density at radius 3 is 2.78 bits per heavy atom. The number of carbonyl (C=O) groups is 1. The molecule has 0 aromatic rings. The Morgan fingerprint density at radius 2 is 2.00 bits per heavy atom. The van der Waals surface area contributed by atoms with E-state index in [1.54, 1.807) is 0 Å². The predicted molar refractivity (Wildman–Crippen MR) is 86.1 cm³/mol. The van der Waals surface area contributed by atoms with Gasteiger partial charge >= 0.3 is 0 Å². The van der Waals surface area contributed by atoms with E-state index < -0.39 is 0 Å². The highest BCUT2D eigenvalue weighted by molar-refractivity contribution is 5.88. The molecule has 3 fully saturated rings. The topological polar surface area (TPSA) is 38.3 Å². The molecule has 4 aliphatic rings. The summed E-state index contributed by atoms with van der Waals surface area (Å²) in [6.45, 7) is 5.39. The summed E-state index contributed by atoms with van der Waals surface area (Å²) >= 11 is 0. The third-order valence-electron chi connectivity index (χ3n) is 8.01. The number of nitrogens with one attached hydrogen (secondary N) is 1. The van der Waals surface area contributed by atoms with E-state index in [-0.39, 0.29) is 22.8 Å². The second-order valence-electron chi connectivity index (χ2n) is 8.74. The zero-order chi connectivity index (χ0) is 16.2. The Labute approximate surface area is 137 Å². The first-order valence-electron chi connectivity index (χ1n) is 9.25. The molecular formula is C19H28FNO2. The van der Waals surface area contributed by atoms with Crippen molar-refractivity contribution in [3.63, 3.8) is 0 Å². The maximum Gasteiger partial charge on any atom is 0.243 e. The first kappa shape index (κ1) is 15.6. The maximum absolute atomic E-state index is 13.0. The van der Waals surface area contributed by atoms with Gasteiger partial charge in [-0.3, -0.25) is 4.79 Å². The van der Waals surface area contributed by atoms with E-state index in [1.807, 2.05) is 6.08 Å². The van der Waals surface area contributed by atoms with Crippen LogP contribution < -0.4 is 5.32 Å². The van der Waals surface area contributed by atoms with Crippen LogP contribution in [0.5, 0.6) is 0 Å². The average molecular weight is 321 g/mol. The van der Waals surface area contributed by atoms with Gasteiger partial charge in [-0.1, -0.05) is 19.4 Å². The van der Waals surface area contributed by atoms with Gasteiger partial charge < -0.3 is 5.32 Å². The summed E-state index contributed by atoms with van der Waals surface area (Å²) in [5.74, 6) is 1.94. The number of carbonyl (C=O) groups excluding carboxylic acids is 1. The van der Waals surface area contributed by atoms with Gasteiger partial charge in [0.05, 0.1) is 0 Å². The standard InChI is InChI=1S/C19H28FNO2/c1-18-9-10-21-17(22)11-12(18)3-4-13-14-5-6-16(23-20)19(14,2)8-7-15(13)18/h11,13-16H,3-10H2,1-2H3,(H,21,22)/t13?,14-,15-,16?,18?,19?/m0/s1. The van der Waals surface area contributed by atoms with Gasteiger partial charge in [-0.15, -0.1) is 0 Å². The lowest BCUT2D eigenvalue weighted by Crippen LogP contribution is -2.50. The molecule has 23 heavy (non-hydrogen) atoms. The molecule has 1 amide bonds. The first-order chi connectivity index (χ1) is 11.0.